The summed E-state index contributed by atoms with van der Waals surface area (Å²) in [5, 5.41) is 2.92. The third-order valence-corrected chi connectivity index (χ3v) is 5.41. The molecule has 158 valence electrons. The summed E-state index contributed by atoms with van der Waals surface area (Å²) in [5.41, 5.74) is 2.09. The number of hydrogen-bond donors (Lipinski definition) is 1. The molecule has 4 rings (SSSR count). The molecule has 2 aromatic carbocycles. The van der Waals surface area contributed by atoms with Crippen LogP contribution in [0.15, 0.2) is 36.4 Å². The van der Waals surface area contributed by atoms with Crippen molar-refractivity contribution in [3.63, 3.8) is 0 Å². The highest BCUT2D eigenvalue weighted by molar-refractivity contribution is 5.90. The number of urea groups is 1. The van der Waals surface area contributed by atoms with E-state index in [0.717, 1.165) is 17.7 Å². The van der Waals surface area contributed by atoms with Crippen molar-refractivity contribution in [1.82, 2.24) is 4.90 Å². The Bertz CT molecular complexity index is 961. The van der Waals surface area contributed by atoms with E-state index in [1.165, 1.54) is 7.11 Å². The van der Waals surface area contributed by atoms with Crippen molar-refractivity contribution < 1.29 is 28.5 Å². The summed E-state index contributed by atoms with van der Waals surface area (Å²) >= 11 is 0. The smallest absolute Gasteiger partial charge is 0.337 e. The highest BCUT2D eigenvalue weighted by Gasteiger charge is 2.28. The van der Waals surface area contributed by atoms with Crippen molar-refractivity contribution in [2.24, 2.45) is 5.92 Å². The summed E-state index contributed by atoms with van der Waals surface area (Å²) in [6.45, 7) is 1.49. The fourth-order valence-electron chi connectivity index (χ4n) is 3.85. The van der Waals surface area contributed by atoms with Gasteiger partial charge in [0.2, 0.25) is 6.79 Å². The summed E-state index contributed by atoms with van der Waals surface area (Å²) < 4.78 is 20.9. The minimum atomic E-state index is -0.380. The summed E-state index contributed by atoms with van der Waals surface area (Å²) in [6.07, 6.45) is 1.59. The van der Waals surface area contributed by atoms with Gasteiger partial charge < -0.3 is 29.2 Å². The van der Waals surface area contributed by atoms with Crippen LogP contribution in [0.5, 0.6) is 17.2 Å². The number of methoxy groups -OCH3 is 2. The zero-order chi connectivity index (χ0) is 21.1. The zero-order valence-electron chi connectivity index (χ0n) is 17.0. The Morgan fingerprint density at radius 3 is 2.77 bits per heavy atom. The van der Waals surface area contributed by atoms with Crippen LogP contribution in [0.4, 0.5) is 10.5 Å². The van der Waals surface area contributed by atoms with E-state index in [1.54, 1.807) is 48.4 Å². The lowest BCUT2D eigenvalue weighted by molar-refractivity contribution is 0.0600. The minimum Gasteiger partial charge on any atom is -0.496 e. The van der Waals surface area contributed by atoms with E-state index >= 15 is 0 Å². The average Bonchev–Trinajstić information content (AvgIpc) is 3.42. The second-order valence-corrected chi connectivity index (χ2v) is 7.32. The normalized spacial score (nSPS) is 17.0. The van der Waals surface area contributed by atoms with E-state index in [1.807, 2.05) is 0 Å². The number of nitrogens with zero attached hydrogens (tertiary/aromatic N) is 1. The maximum atomic E-state index is 12.7. The van der Waals surface area contributed by atoms with Crippen molar-refractivity contribution in [2.75, 3.05) is 39.4 Å². The van der Waals surface area contributed by atoms with E-state index in [2.05, 4.69) is 5.32 Å². The quantitative estimate of drug-likeness (QED) is 0.759. The lowest BCUT2D eigenvalue weighted by Crippen LogP contribution is -2.33. The number of anilines is 1. The number of hydrogen-bond acceptors (Lipinski definition) is 6. The standard InChI is InChI=1S/C22H24N2O6/c1-27-18-5-3-15(21(25)28-2)10-16(18)9-14-7-8-24(12-14)22(26)23-17-4-6-19-20(11-17)30-13-29-19/h3-6,10-11,14H,7-9,12-13H2,1-2H3,(H,23,26). The predicted octanol–water partition coefficient (Wildman–Crippen LogP) is 3.31. The van der Waals surface area contributed by atoms with Crippen LogP contribution in [0.3, 0.4) is 0 Å². The fraction of sp³-hybridized carbons (Fsp3) is 0.364. The first-order valence-corrected chi connectivity index (χ1v) is 9.78. The number of benzene rings is 2. The number of fused-ring (bicyclic) bond motifs is 1. The average molecular weight is 412 g/mol. The van der Waals surface area contributed by atoms with E-state index in [4.69, 9.17) is 18.9 Å². The number of ether oxygens (including phenoxy) is 4. The Morgan fingerprint density at radius 2 is 1.97 bits per heavy atom. The van der Waals surface area contributed by atoms with Crippen LogP contribution in [-0.2, 0) is 11.2 Å². The first kappa shape index (κ1) is 19.9. The minimum absolute atomic E-state index is 0.147. The maximum Gasteiger partial charge on any atom is 0.337 e. The molecule has 1 atom stereocenters. The zero-order valence-corrected chi connectivity index (χ0v) is 17.0. The molecule has 0 radical (unpaired) electrons. The van der Waals surface area contributed by atoms with Crippen molar-refractivity contribution >= 4 is 17.7 Å². The van der Waals surface area contributed by atoms with Crippen LogP contribution in [0.25, 0.3) is 0 Å². The molecule has 0 aromatic heterocycles. The number of carbonyl (C=O) groups excluding carboxylic acids is 2. The molecule has 0 saturated carbocycles. The van der Waals surface area contributed by atoms with Crippen LogP contribution >= 0.6 is 0 Å². The van der Waals surface area contributed by atoms with Gasteiger partial charge in [-0.2, -0.15) is 0 Å². The number of nitrogens with one attached hydrogen (secondary N) is 1. The van der Waals surface area contributed by atoms with Crippen LogP contribution in [0.2, 0.25) is 0 Å². The molecule has 2 aromatic rings. The van der Waals surface area contributed by atoms with E-state index in [-0.39, 0.29) is 24.7 Å². The molecular weight excluding hydrogens is 388 g/mol. The first-order valence-electron chi connectivity index (χ1n) is 9.78. The SMILES string of the molecule is COC(=O)c1ccc(OC)c(CC2CCN(C(=O)Nc3ccc4c(c3)OCO4)C2)c1. The van der Waals surface area contributed by atoms with Crippen LogP contribution in [0, 0.1) is 5.92 Å². The largest absolute Gasteiger partial charge is 0.496 e. The van der Waals surface area contributed by atoms with Gasteiger partial charge in [-0.3, -0.25) is 0 Å². The highest BCUT2D eigenvalue weighted by Crippen LogP contribution is 2.34. The molecule has 1 fully saturated rings. The third-order valence-electron chi connectivity index (χ3n) is 5.41. The van der Waals surface area contributed by atoms with Gasteiger partial charge in [-0.15, -0.1) is 0 Å². The van der Waals surface area contributed by atoms with Crippen LogP contribution in [0.1, 0.15) is 22.3 Å². The molecule has 8 nitrogen and oxygen atoms in total. The van der Waals surface area contributed by atoms with E-state index in [9.17, 15) is 9.59 Å². The second-order valence-electron chi connectivity index (χ2n) is 7.32. The number of carbonyl (C=O) groups is 2. The van der Waals surface area contributed by atoms with Gasteiger partial charge in [0.15, 0.2) is 11.5 Å². The summed E-state index contributed by atoms with van der Waals surface area (Å²) in [4.78, 5) is 26.3. The van der Waals surface area contributed by atoms with Gasteiger partial charge in [0, 0.05) is 24.8 Å². The summed E-state index contributed by atoms with van der Waals surface area (Å²) in [6, 6.07) is 10.5. The molecule has 0 aliphatic carbocycles. The molecular formula is C22H24N2O6. The van der Waals surface area contributed by atoms with Gasteiger partial charge in [-0.05, 0) is 54.7 Å². The van der Waals surface area contributed by atoms with Crippen LogP contribution in [-0.4, -0.2) is 51.0 Å². The molecule has 8 heteroatoms. The number of esters is 1. The van der Waals surface area contributed by atoms with Gasteiger partial charge >= 0.3 is 12.0 Å². The van der Waals surface area contributed by atoms with Gasteiger partial charge in [-0.25, -0.2) is 9.59 Å². The summed E-state index contributed by atoms with van der Waals surface area (Å²) in [5.74, 6) is 1.93. The Balaban J connectivity index is 1.38. The summed E-state index contributed by atoms with van der Waals surface area (Å²) in [7, 11) is 2.97. The molecule has 1 N–H and O–H groups in total. The van der Waals surface area contributed by atoms with E-state index < -0.39 is 0 Å². The number of amides is 2. The first-order chi connectivity index (χ1) is 14.6. The maximum absolute atomic E-state index is 12.7. The molecule has 1 saturated heterocycles. The van der Waals surface area contributed by atoms with Gasteiger partial charge in [-0.1, -0.05) is 0 Å². The van der Waals surface area contributed by atoms with Gasteiger partial charge in [0.25, 0.3) is 0 Å². The number of likely N-dealkylation sites (tertiary alicyclic amines) is 1. The monoisotopic (exact) mass is 412 g/mol. The lowest BCUT2D eigenvalue weighted by Gasteiger charge is -2.18. The Kier molecular flexibility index (Phi) is 5.65. The van der Waals surface area contributed by atoms with Crippen molar-refractivity contribution in [2.45, 2.75) is 12.8 Å². The Morgan fingerprint density at radius 1 is 1.13 bits per heavy atom. The Labute approximate surface area is 174 Å². The second kappa shape index (κ2) is 8.52. The topological polar surface area (TPSA) is 86.3 Å². The Hall–Kier alpha value is -3.42. The fourth-order valence-corrected chi connectivity index (χ4v) is 3.85. The molecule has 2 heterocycles. The van der Waals surface area contributed by atoms with Gasteiger partial charge in [0.05, 0.1) is 19.8 Å². The molecule has 1 unspecified atom stereocenters. The third kappa shape index (κ3) is 4.12. The molecule has 2 aliphatic rings. The molecule has 0 bridgehead atoms. The van der Waals surface area contributed by atoms with Crippen molar-refractivity contribution in [3.8, 4) is 17.2 Å². The lowest BCUT2D eigenvalue weighted by atomic mass is 9.96. The van der Waals surface area contributed by atoms with Crippen molar-refractivity contribution in [1.29, 1.82) is 0 Å². The van der Waals surface area contributed by atoms with E-state index in [0.29, 0.717) is 42.3 Å². The van der Waals surface area contributed by atoms with Gasteiger partial charge in [0.1, 0.15) is 5.75 Å². The number of rotatable bonds is 5. The molecule has 2 aliphatic heterocycles. The van der Waals surface area contributed by atoms with Crippen LogP contribution < -0.4 is 19.5 Å². The predicted molar refractivity (Wildman–Crippen MR) is 109 cm³/mol. The highest BCUT2D eigenvalue weighted by atomic mass is 16.7. The molecule has 30 heavy (non-hydrogen) atoms. The molecule has 2 amide bonds. The molecule has 0 spiro atoms. The van der Waals surface area contributed by atoms with Crippen molar-refractivity contribution in [3.05, 3.63) is 47.5 Å².